The van der Waals surface area contributed by atoms with Crippen molar-refractivity contribution >= 4 is 21.9 Å². The number of aliphatic imine (C=N–C) groups is 1. The summed E-state index contributed by atoms with van der Waals surface area (Å²) in [7, 11) is 0. The Balaban J connectivity index is 1.69. The zero-order valence-electron chi connectivity index (χ0n) is 12.1. The van der Waals surface area contributed by atoms with Crippen molar-refractivity contribution in [1.82, 2.24) is 4.90 Å². The molecule has 1 saturated heterocycles. The summed E-state index contributed by atoms with van der Waals surface area (Å²) in [6.07, 6.45) is 2.46. The van der Waals surface area contributed by atoms with Crippen LogP contribution in [0.4, 0.5) is 0 Å². The van der Waals surface area contributed by atoms with Gasteiger partial charge in [-0.05, 0) is 52.4 Å². The largest absolute Gasteiger partial charge is 0.454 e. The predicted molar refractivity (Wildman–Crippen MR) is 85.6 cm³/mol. The lowest BCUT2D eigenvalue weighted by atomic mass is 10.0. The van der Waals surface area contributed by atoms with Gasteiger partial charge in [0.05, 0.1) is 11.0 Å². The van der Waals surface area contributed by atoms with Crippen molar-refractivity contribution in [3.8, 4) is 11.5 Å². The van der Waals surface area contributed by atoms with E-state index < -0.39 is 0 Å². The topological polar surface area (TPSA) is 60.1 Å². The summed E-state index contributed by atoms with van der Waals surface area (Å²) in [6, 6.07) is 3.96. The summed E-state index contributed by atoms with van der Waals surface area (Å²) in [4.78, 5) is 6.70. The average molecular weight is 354 g/mol. The van der Waals surface area contributed by atoms with E-state index in [4.69, 9.17) is 15.2 Å². The van der Waals surface area contributed by atoms with Gasteiger partial charge in [0, 0.05) is 13.1 Å². The highest BCUT2D eigenvalue weighted by Crippen LogP contribution is 2.40. The molecule has 1 fully saturated rings. The summed E-state index contributed by atoms with van der Waals surface area (Å²) in [5.74, 6) is 2.85. The van der Waals surface area contributed by atoms with Crippen molar-refractivity contribution < 1.29 is 9.47 Å². The molecule has 0 bridgehead atoms. The Morgan fingerprint density at radius 3 is 3.14 bits per heavy atom. The minimum atomic E-state index is 0.272. The zero-order chi connectivity index (χ0) is 14.8. The van der Waals surface area contributed by atoms with E-state index in [0.29, 0.717) is 18.4 Å². The van der Waals surface area contributed by atoms with Crippen LogP contribution in [0, 0.1) is 5.92 Å². The van der Waals surface area contributed by atoms with E-state index in [1.807, 2.05) is 12.1 Å². The van der Waals surface area contributed by atoms with Crippen molar-refractivity contribution in [1.29, 1.82) is 0 Å². The Hall–Kier alpha value is -1.43. The summed E-state index contributed by atoms with van der Waals surface area (Å²) >= 11 is 3.49. The number of nitrogens with two attached hydrogens (primary N) is 1. The standard InChI is InChI=1S/C15H20BrN3O2/c1-10-3-2-4-19(8-10)15(17)18-7-11-5-12(16)14-13(6-11)20-9-21-14/h5-6,10H,2-4,7-9H2,1H3,(H2,17,18). The van der Waals surface area contributed by atoms with Crippen molar-refractivity contribution in [2.75, 3.05) is 19.9 Å². The second kappa shape index (κ2) is 6.13. The maximum Gasteiger partial charge on any atom is 0.231 e. The Labute approximate surface area is 133 Å². The molecule has 1 aromatic rings. The first-order chi connectivity index (χ1) is 10.1. The molecule has 1 atom stereocenters. The third kappa shape index (κ3) is 3.26. The lowest BCUT2D eigenvalue weighted by molar-refractivity contribution is 0.173. The van der Waals surface area contributed by atoms with Gasteiger partial charge in [-0.15, -0.1) is 0 Å². The van der Waals surface area contributed by atoms with Gasteiger partial charge in [-0.25, -0.2) is 4.99 Å². The maximum absolute atomic E-state index is 6.12. The molecule has 2 aliphatic heterocycles. The number of fused-ring (bicyclic) bond motifs is 1. The second-order valence-electron chi connectivity index (χ2n) is 5.68. The molecule has 1 aromatic carbocycles. The number of likely N-dealkylation sites (tertiary alicyclic amines) is 1. The van der Waals surface area contributed by atoms with Crippen molar-refractivity contribution in [3.05, 3.63) is 22.2 Å². The number of guanidine groups is 1. The highest BCUT2D eigenvalue weighted by atomic mass is 79.9. The fourth-order valence-corrected chi connectivity index (χ4v) is 3.39. The third-order valence-corrected chi connectivity index (χ3v) is 4.48. The number of hydrogen-bond acceptors (Lipinski definition) is 3. The first kappa shape index (κ1) is 14.5. The average Bonchev–Trinajstić information content (AvgIpc) is 2.93. The van der Waals surface area contributed by atoms with Crippen LogP contribution in [0.25, 0.3) is 0 Å². The van der Waals surface area contributed by atoms with Gasteiger partial charge in [0.15, 0.2) is 17.5 Å². The number of ether oxygens (including phenoxy) is 2. The highest BCUT2D eigenvalue weighted by molar-refractivity contribution is 9.10. The molecule has 0 amide bonds. The molecule has 5 nitrogen and oxygen atoms in total. The fraction of sp³-hybridized carbons (Fsp3) is 0.533. The van der Waals surface area contributed by atoms with Crippen LogP contribution in [0.2, 0.25) is 0 Å². The minimum absolute atomic E-state index is 0.272. The maximum atomic E-state index is 6.12. The molecule has 114 valence electrons. The summed E-state index contributed by atoms with van der Waals surface area (Å²) in [5, 5.41) is 0. The van der Waals surface area contributed by atoms with Gasteiger partial charge in [0.2, 0.25) is 6.79 Å². The van der Waals surface area contributed by atoms with Gasteiger partial charge in [0.25, 0.3) is 0 Å². The van der Waals surface area contributed by atoms with E-state index in [1.54, 1.807) is 0 Å². The van der Waals surface area contributed by atoms with Gasteiger partial charge < -0.3 is 20.1 Å². The van der Waals surface area contributed by atoms with Gasteiger partial charge in [-0.2, -0.15) is 0 Å². The van der Waals surface area contributed by atoms with Crippen molar-refractivity contribution in [2.45, 2.75) is 26.3 Å². The normalized spacial score (nSPS) is 21.7. The van der Waals surface area contributed by atoms with E-state index in [9.17, 15) is 0 Å². The number of benzene rings is 1. The zero-order valence-corrected chi connectivity index (χ0v) is 13.7. The highest BCUT2D eigenvalue weighted by Gasteiger charge is 2.19. The number of halogens is 1. The molecule has 0 radical (unpaired) electrons. The first-order valence-corrected chi connectivity index (χ1v) is 8.05. The van der Waals surface area contributed by atoms with E-state index in [2.05, 4.69) is 32.7 Å². The summed E-state index contributed by atoms with van der Waals surface area (Å²) in [5.41, 5.74) is 7.17. The molecule has 2 heterocycles. The molecule has 0 aromatic heterocycles. The minimum Gasteiger partial charge on any atom is -0.454 e. The molecule has 21 heavy (non-hydrogen) atoms. The van der Waals surface area contributed by atoms with E-state index in [1.165, 1.54) is 12.8 Å². The fourth-order valence-electron chi connectivity index (χ4n) is 2.78. The predicted octanol–water partition coefficient (Wildman–Crippen LogP) is 2.72. The Morgan fingerprint density at radius 1 is 1.48 bits per heavy atom. The lowest BCUT2D eigenvalue weighted by Crippen LogP contribution is -2.43. The molecule has 1 unspecified atom stereocenters. The van der Waals surface area contributed by atoms with E-state index in [0.717, 1.165) is 34.6 Å². The molecule has 6 heteroatoms. The molecule has 0 saturated carbocycles. The molecule has 0 aliphatic carbocycles. The summed E-state index contributed by atoms with van der Waals surface area (Å²) < 4.78 is 11.7. The number of piperidine rings is 1. The molecule has 0 spiro atoms. The van der Waals surface area contributed by atoms with Crippen molar-refractivity contribution in [2.24, 2.45) is 16.6 Å². The van der Waals surface area contributed by atoms with Crippen LogP contribution in [0.1, 0.15) is 25.3 Å². The first-order valence-electron chi connectivity index (χ1n) is 7.26. The smallest absolute Gasteiger partial charge is 0.231 e. The number of nitrogens with zero attached hydrogens (tertiary/aromatic N) is 2. The SMILES string of the molecule is CC1CCCN(C(N)=NCc2cc(Br)c3c(c2)OCO3)C1. The van der Waals surface area contributed by atoms with Crippen LogP contribution >= 0.6 is 15.9 Å². The quantitative estimate of drug-likeness (QED) is 0.655. The monoisotopic (exact) mass is 353 g/mol. The number of rotatable bonds is 2. The Bertz CT molecular complexity index is 562. The second-order valence-corrected chi connectivity index (χ2v) is 6.53. The van der Waals surface area contributed by atoms with Crippen LogP contribution in [0.3, 0.4) is 0 Å². The third-order valence-electron chi connectivity index (χ3n) is 3.89. The van der Waals surface area contributed by atoms with Crippen LogP contribution < -0.4 is 15.2 Å². The van der Waals surface area contributed by atoms with Crippen LogP contribution in [0.15, 0.2) is 21.6 Å². The lowest BCUT2D eigenvalue weighted by Gasteiger charge is -2.31. The van der Waals surface area contributed by atoms with Gasteiger partial charge >= 0.3 is 0 Å². The van der Waals surface area contributed by atoms with Crippen LogP contribution in [0.5, 0.6) is 11.5 Å². The molecular formula is C15H20BrN3O2. The Kier molecular flexibility index (Phi) is 4.24. The molecule has 2 N–H and O–H groups in total. The van der Waals surface area contributed by atoms with Crippen molar-refractivity contribution in [3.63, 3.8) is 0 Å². The number of hydrogen-bond donors (Lipinski definition) is 1. The molecule has 2 aliphatic rings. The summed E-state index contributed by atoms with van der Waals surface area (Å²) in [6.45, 7) is 5.08. The molecular weight excluding hydrogens is 334 g/mol. The van der Waals surface area contributed by atoms with Gasteiger partial charge in [-0.3, -0.25) is 0 Å². The van der Waals surface area contributed by atoms with E-state index in [-0.39, 0.29) is 6.79 Å². The van der Waals surface area contributed by atoms with Crippen LogP contribution in [-0.2, 0) is 6.54 Å². The van der Waals surface area contributed by atoms with Crippen LogP contribution in [-0.4, -0.2) is 30.7 Å². The van der Waals surface area contributed by atoms with Gasteiger partial charge in [-0.1, -0.05) is 6.92 Å². The molecule has 3 rings (SSSR count). The Morgan fingerprint density at radius 2 is 2.33 bits per heavy atom. The van der Waals surface area contributed by atoms with Gasteiger partial charge in [0.1, 0.15) is 0 Å². The van der Waals surface area contributed by atoms with E-state index >= 15 is 0 Å².